The summed E-state index contributed by atoms with van der Waals surface area (Å²) in [7, 11) is -3.35. The number of anilines is 2. The summed E-state index contributed by atoms with van der Waals surface area (Å²) in [6.45, 7) is 3.11. The molecule has 2 heterocycles. The highest BCUT2D eigenvalue weighted by atomic mass is 32.2. The van der Waals surface area contributed by atoms with Gasteiger partial charge in [0.1, 0.15) is 12.1 Å². The Labute approximate surface area is 225 Å². The van der Waals surface area contributed by atoms with Crippen LogP contribution in [0.25, 0.3) is 11.3 Å². The monoisotopic (exact) mass is 535 g/mol. The summed E-state index contributed by atoms with van der Waals surface area (Å²) in [5, 5.41) is 12.8. The SMILES string of the molecule is O=S(=O)(Cc1ccc(Nc2cc(-c3cccc(CN4CCCC(CO)C4)c3)ncn2)cc1)NC1CCCC1. The molecule has 38 heavy (non-hydrogen) atoms. The van der Waals surface area contributed by atoms with Crippen molar-refractivity contribution in [2.24, 2.45) is 5.92 Å². The van der Waals surface area contributed by atoms with E-state index in [9.17, 15) is 13.5 Å². The van der Waals surface area contributed by atoms with Gasteiger partial charge in [-0.1, -0.05) is 43.2 Å². The molecule has 2 aromatic carbocycles. The van der Waals surface area contributed by atoms with Gasteiger partial charge in [0.2, 0.25) is 10.0 Å². The van der Waals surface area contributed by atoms with Crippen LogP contribution in [0.2, 0.25) is 0 Å². The second kappa shape index (κ2) is 12.3. The summed E-state index contributed by atoms with van der Waals surface area (Å²) in [4.78, 5) is 11.3. The van der Waals surface area contributed by atoms with Crippen LogP contribution >= 0.6 is 0 Å². The third kappa shape index (κ3) is 7.38. The number of aliphatic hydroxyl groups excluding tert-OH is 1. The maximum atomic E-state index is 12.5. The lowest BCUT2D eigenvalue weighted by atomic mass is 9.98. The number of rotatable bonds is 10. The average Bonchev–Trinajstić information content (AvgIpc) is 3.42. The Morgan fingerprint density at radius 1 is 0.947 bits per heavy atom. The Hall–Kier alpha value is -2.85. The molecule has 8 nitrogen and oxygen atoms in total. The summed E-state index contributed by atoms with van der Waals surface area (Å²) in [6.07, 6.45) is 7.82. The molecule has 1 saturated heterocycles. The maximum absolute atomic E-state index is 12.5. The highest BCUT2D eigenvalue weighted by Gasteiger charge is 2.22. The molecule has 1 aliphatic heterocycles. The first-order chi connectivity index (χ1) is 18.5. The van der Waals surface area contributed by atoms with E-state index < -0.39 is 10.0 Å². The standard InChI is InChI=1S/C29H37N5O3S/c35-19-24-6-4-14-34(18-24)17-23-5-3-7-25(15-23)28-16-29(31-21-30-28)32-26-12-10-22(11-13-26)20-38(36,37)33-27-8-1-2-9-27/h3,5,7,10-13,15-16,21,24,27,33,35H,1-2,4,6,8-9,14,17-20H2,(H,30,31,32). The van der Waals surface area contributed by atoms with Crippen LogP contribution in [-0.2, 0) is 22.3 Å². The summed E-state index contributed by atoms with van der Waals surface area (Å²) in [5.74, 6) is 1.02. The lowest BCUT2D eigenvalue weighted by Gasteiger charge is -2.31. The second-order valence-corrected chi connectivity index (χ2v) is 12.3. The van der Waals surface area contributed by atoms with Gasteiger partial charge >= 0.3 is 0 Å². The molecule has 2 fully saturated rings. The number of aromatic nitrogens is 2. The molecule has 9 heteroatoms. The summed E-state index contributed by atoms with van der Waals surface area (Å²) in [6, 6.07) is 17.8. The Morgan fingerprint density at radius 3 is 2.55 bits per heavy atom. The van der Waals surface area contributed by atoms with Crippen molar-refractivity contribution in [3.63, 3.8) is 0 Å². The third-order valence-corrected chi connectivity index (χ3v) is 8.85. The van der Waals surface area contributed by atoms with Crippen molar-refractivity contribution in [2.75, 3.05) is 25.0 Å². The average molecular weight is 536 g/mol. The van der Waals surface area contributed by atoms with Gasteiger partial charge in [-0.05, 0) is 67.5 Å². The minimum atomic E-state index is -3.35. The number of nitrogens with zero attached hydrogens (tertiary/aromatic N) is 3. The van der Waals surface area contributed by atoms with Crippen molar-refractivity contribution >= 4 is 21.5 Å². The second-order valence-electron chi connectivity index (χ2n) is 10.6. The summed E-state index contributed by atoms with van der Waals surface area (Å²) < 4.78 is 27.9. The topological polar surface area (TPSA) is 107 Å². The third-order valence-electron chi connectivity index (χ3n) is 7.44. The fraction of sp³-hybridized carbons (Fsp3) is 0.448. The van der Waals surface area contributed by atoms with Crippen LogP contribution in [0.1, 0.15) is 49.7 Å². The predicted octanol–water partition coefficient (Wildman–Crippen LogP) is 4.45. The van der Waals surface area contributed by atoms with E-state index in [1.165, 1.54) is 5.56 Å². The fourth-order valence-electron chi connectivity index (χ4n) is 5.51. The molecular formula is C29H37N5O3S. The van der Waals surface area contributed by atoms with E-state index in [2.05, 4.69) is 49.2 Å². The van der Waals surface area contributed by atoms with Gasteiger partial charge in [0.15, 0.2) is 0 Å². The zero-order valence-electron chi connectivity index (χ0n) is 21.7. The van der Waals surface area contributed by atoms with Crippen molar-refractivity contribution in [2.45, 2.75) is 56.9 Å². The Kier molecular flexibility index (Phi) is 8.68. The van der Waals surface area contributed by atoms with Crippen LogP contribution < -0.4 is 10.0 Å². The van der Waals surface area contributed by atoms with Crippen LogP contribution in [-0.4, -0.2) is 54.1 Å². The van der Waals surface area contributed by atoms with E-state index in [1.807, 2.05) is 30.3 Å². The molecular weight excluding hydrogens is 498 g/mol. The van der Waals surface area contributed by atoms with Gasteiger partial charge in [-0.2, -0.15) is 0 Å². The molecule has 5 rings (SSSR count). The van der Waals surface area contributed by atoms with Gasteiger partial charge in [0.05, 0.1) is 11.4 Å². The Bertz CT molecular complexity index is 1310. The van der Waals surface area contributed by atoms with Crippen LogP contribution in [0.5, 0.6) is 0 Å². The summed E-state index contributed by atoms with van der Waals surface area (Å²) >= 11 is 0. The van der Waals surface area contributed by atoms with Gasteiger partial charge in [-0.3, -0.25) is 4.90 Å². The van der Waals surface area contributed by atoms with Crippen molar-refractivity contribution in [3.05, 3.63) is 72.1 Å². The quantitative estimate of drug-likeness (QED) is 0.352. The van der Waals surface area contributed by atoms with Crippen LogP contribution in [0.15, 0.2) is 60.9 Å². The zero-order valence-corrected chi connectivity index (χ0v) is 22.5. The van der Waals surface area contributed by atoms with E-state index in [4.69, 9.17) is 0 Å². The van der Waals surface area contributed by atoms with Crippen LogP contribution in [0.4, 0.5) is 11.5 Å². The van der Waals surface area contributed by atoms with E-state index in [1.54, 1.807) is 6.33 Å². The lowest BCUT2D eigenvalue weighted by molar-refractivity contribution is 0.116. The van der Waals surface area contributed by atoms with Gasteiger partial charge in [-0.25, -0.2) is 23.1 Å². The number of nitrogens with one attached hydrogen (secondary N) is 2. The van der Waals surface area contributed by atoms with Gasteiger partial charge < -0.3 is 10.4 Å². The van der Waals surface area contributed by atoms with Crippen LogP contribution in [0.3, 0.4) is 0 Å². The minimum Gasteiger partial charge on any atom is -0.396 e. The fourth-order valence-corrected chi connectivity index (χ4v) is 6.96. The molecule has 1 unspecified atom stereocenters. The Balaban J connectivity index is 1.21. The lowest BCUT2D eigenvalue weighted by Crippen LogP contribution is -2.36. The number of benzene rings is 2. The molecule has 1 saturated carbocycles. The van der Waals surface area contributed by atoms with E-state index in [-0.39, 0.29) is 18.4 Å². The van der Waals surface area contributed by atoms with Gasteiger partial charge in [-0.15, -0.1) is 0 Å². The molecule has 2 aliphatic rings. The highest BCUT2D eigenvalue weighted by Crippen LogP contribution is 2.25. The number of hydrogen-bond acceptors (Lipinski definition) is 7. The van der Waals surface area contributed by atoms with Crippen molar-refractivity contribution in [3.8, 4) is 11.3 Å². The highest BCUT2D eigenvalue weighted by molar-refractivity contribution is 7.88. The Morgan fingerprint density at radius 2 is 1.76 bits per heavy atom. The minimum absolute atomic E-state index is 0.0180. The first-order valence-corrected chi connectivity index (χ1v) is 15.2. The van der Waals surface area contributed by atoms with E-state index in [0.29, 0.717) is 11.7 Å². The molecule has 3 N–H and O–H groups in total. The summed E-state index contributed by atoms with van der Waals surface area (Å²) in [5.41, 5.74) is 4.66. The molecule has 3 aromatic rings. The molecule has 1 aromatic heterocycles. The number of aliphatic hydroxyl groups is 1. The molecule has 0 radical (unpaired) electrons. The van der Waals surface area contributed by atoms with Crippen LogP contribution in [0, 0.1) is 5.92 Å². The van der Waals surface area contributed by atoms with Crippen molar-refractivity contribution in [1.29, 1.82) is 0 Å². The molecule has 0 spiro atoms. The molecule has 1 atom stereocenters. The normalized spacial score (nSPS) is 19.0. The largest absolute Gasteiger partial charge is 0.396 e. The first kappa shape index (κ1) is 26.7. The molecule has 0 amide bonds. The molecule has 202 valence electrons. The number of hydrogen-bond donors (Lipinski definition) is 3. The number of likely N-dealkylation sites (tertiary alicyclic amines) is 1. The van der Waals surface area contributed by atoms with Gasteiger partial charge in [0, 0.05) is 43.1 Å². The number of piperidine rings is 1. The number of sulfonamides is 1. The predicted molar refractivity (Wildman–Crippen MR) is 150 cm³/mol. The zero-order chi connectivity index (χ0) is 26.4. The first-order valence-electron chi connectivity index (χ1n) is 13.6. The van der Waals surface area contributed by atoms with Crippen molar-refractivity contribution < 1.29 is 13.5 Å². The van der Waals surface area contributed by atoms with Crippen molar-refractivity contribution in [1.82, 2.24) is 19.6 Å². The molecule has 1 aliphatic carbocycles. The van der Waals surface area contributed by atoms with Gasteiger partial charge in [0.25, 0.3) is 0 Å². The molecule has 0 bridgehead atoms. The van der Waals surface area contributed by atoms with E-state index >= 15 is 0 Å². The smallest absolute Gasteiger partial charge is 0.216 e. The maximum Gasteiger partial charge on any atom is 0.216 e. The van der Waals surface area contributed by atoms with E-state index in [0.717, 1.165) is 80.7 Å².